The van der Waals surface area contributed by atoms with Gasteiger partial charge >= 0.3 is 0 Å². The Bertz CT molecular complexity index is 522. The summed E-state index contributed by atoms with van der Waals surface area (Å²) in [4.78, 5) is 3.49. The van der Waals surface area contributed by atoms with Gasteiger partial charge in [0.05, 0.1) is 21.7 Å². The molecule has 0 radical (unpaired) electrons. The van der Waals surface area contributed by atoms with Gasteiger partial charge in [-0.25, -0.2) is 0 Å². The topological polar surface area (TPSA) is 29.3 Å². The van der Waals surface area contributed by atoms with Crippen LogP contribution in [0.1, 0.15) is 10.4 Å². The summed E-state index contributed by atoms with van der Waals surface area (Å²) in [7, 11) is 2.06. The zero-order valence-corrected chi connectivity index (χ0v) is 12.3. The van der Waals surface area contributed by atoms with E-state index in [-0.39, 0.29) is 0 Å². The van der Waals surface area contributed by atoms with Crippen molar-refractivity contribution < 1.29 is 0 Å². The predicted octanol–water partition coefficient (Wildman–Crippen LogP) is 4.04. The molecule has 4 heteroatoms. The molecule has 2 rings (SSSR count). The Morgan fingerprint density at radius 2 is 2.06 bits per heavy atom. The normalized spacial score (nSPS) is 10.5. The van der Waals surface area contributed by atoms with E-state index >= 15 is 0 Å². The molecule has 1 aromatic carbocycles. The molecule has 0 fully saturated rings. The second kappa shape index (κ2) is 5.10. The van der Waals surface area contributed by atoms with Crippen molar-refractivity contribution in [3.63, 3.8) is 0 Å². The lowest BCUT2D eigenvalue weighted by Crippen LogP contribution is -2.17. The molecule has 0 amide bonds. The first kappa shape index (κ1) is 12.5. The number of hydrogen-bond acceptors (Lipinski definition) is 3. The van der Waals surface area contributed by atoms with Crippen molar-refractivity contribution in [3.8, 4) is 0 Å². The summed E-state index contributed by atoms with van der Waals surface area (Å²) in [5.41, 5.74) is 9.15. The SMILES string of the molecule is Cc1ccc(N(C)Cc2ccc(Br)s2)c(N)c1. The number of halogens is 1. The number of aryl methyl sites for hydroxylation is 1. The lowest BCUT2D eigenvalue weighted by molar-refractivity contribution is 0.942. The van der Waals surface area contributed by atoms with Gasteiger partial charge in [-0.3, -0.25) is 0 Å². The van der Waals surface area contributed by atoms with Crippen LogP contribution in [0.4, 0.5) is 11.4 Å². The fraction of sp³-hybridized carbons (Fsp3) is 0.231. The molecule has 0 aliphatic rings. The van der Waals surface area contributed by atoms with Crippen molar-refractivity contribution in [2.45, 2.75) is 13.5 Å². The summed E-state index contributed by atoms with van der Waals surface area (Å²) in [5.74, 6) is 0. The highest BCUT2D eigenvalue weighted by atomic mass is 79.9. The van der Waals surface area contributed by atoms with Gasteiger partial charge in [-0.05, 0) is 52.7 Å². The van der Waals surface area contributed by atoms with Gasteiger partial charge in [0.2, 0.25) is 0 Å². The van der Waals surface area contributed by atoms with Gasteiger partial charge in [0, 0.05) is 11.9 Å². The quantitative estimate of drug-likeness (QED) is 0.867. The van der Waals surface area contributed by atoms with E-state index in [9.17, 15) is 0 Å². The van der Waals surface area contributed by atoms with Crippen LogP contribution in [0.3, 0.4) is 0 Å². The maximum absolute atomic E-state index is 6.03. The summed E-state index contributed by atoms with van der Waals surface area (Å²) in [6.07, 6.45) is 0. The molecule has 0 bridgehead atoms. The molecule has 0 aliphatic carbocycles. The minimum absolute atomic E-state index is 0.836. The number of nitrogens with two attached hydrogens (primary N) is 1. The minimum Gasteiger partial charge on any atom is -0.397 e. The Hall–Kier alpha value is -1.000. The van der Waals surface area contributed by atoms with Gasteiger partial charge in [-0.2, -0.15) is 0 Å². The molecule has 17 heavy (non-hydrogen) atoms. The standard InChI is InChI=1S/C13H15BrN2S/c1-9-3-5-12(11(15)7-9)16(2)8-10-4-6-13(14)17-10/h3-7H,8,15H2,1-2H3. The molecule has 2 aromatic rings. The maximum Gasteiger partial charge on any atom is 0.0702 e. The van der Waals surface area contributed by atoms with Crippen LogP contribution < -0.4 is 10.6 Å². The van der Waals surface area contributed by atoms with Crippen molar-refractivity contribution in [2.24, 2.45) is 0 Å². The second-order valence-corrected chi connectivity index (χ2v) is 6.67. The third-order valence-corrected chi connectivity index (χ3v) is 4.22. The number of anilines is 2. The van der Waals surface area contributed by atoms with Crippen LogP contribution in [0.25, 0.3) is 0 Å². The maximum atomic E-state index is 6.03. The first-order valence-electron chi connectivity index (χ1n) is 5.38. The number of nitrogen functional groups attached to an aromatic ring is 1. The fourth-order valence-corrected chi connectivity index (χ4v) is 3.31. The van der Waals surface area contributed by atoms with Crippen molar-refractivity contribution >= 4 is 38.6 Å². The molecule has 0 atom stereocenters. The molecular formula is C13H15BrN2S. The number of thiophene rings is 1. The van der Waals surface area contributed by atoms with E-state index in [4.69, 9.17) is 5.73 Å². The average molecular weight is 311 g/mol. The van der Waals surface area contributed by atoms with Crippen LogP contribution in [0.2, 0.25) is 0 Å². The van der Waals surface area contributed by atoms with Crippen molar-refractivity contribution in [3.05, 3.63) is 44.6 Å². The summed E-state index contributed by atoms with van der Waals surface area (Å²) in [6, 6.07) is 10.4. The van der Waals surface area contributed by atoms with Crippen LogP contribution in [-0.2, 0) is 6.54 Å². The van der Waals surface area contributed by atoms with Crippen LogP contribution in [0.15, 0.2) is 34.1 Å². The molecule has 1 aromatic heterocycles. The third-order valence-electron chi connectivity index (χ3n) is 2.62. The number of hydrogen-bond donors (Lipinski definition) is 1. The van der Waals surface area contributed by atoms with Crippen LogP contribution in [0, 0.1) is 6.92 Å². The predicted molar refractivity (Wildman–Crippen MR) is 79.7 cm³/mol. The zero-order valence-electron chi connectivity index (χ0n) is 9.90. The van der Waals surface area contributed by atoms with E-state index in [1.807, 2.05) is 6.07 Å². The minimum atomic E-state index is 0.836. The highest BCUT2D eigenvalue weighted by Gasteiger charge is 2.07. The monoisotopic (exact) mass is 310 g/mol. The van der Waals surface area contributed by atoms with Crippen molar-refractivity contribution in [2.75, 3.05) is 17.7 Å². The van der Waals surface area contributed by atoms with Gasteiger partial charge < -0.3 is 10.6 Å². The molecule has 1 heterocycles. The lowest BCUT2D eigenvalue weighted by atomic mass is 10.2. The summed E-state index contributed by atoms with van der Waals surface area (Å²) in [6.45, 7) is 2.93. The Labute approximate surface area is 114 Å². The van der Waals surface area contributed by atoms with Gasteiger partial charge in [0.1, 0.15) is 0 Å². The number of benzene rings is 1. The average Bonchev–Trinajstić information content (AvgIpc) is 2.63. The van der Waals surface area contributed by atoms with E-state index in [1.165, 1.54) is 10.4 Å². The van der Waals surface area contributed by atoms with Gasteiger partial charge in [-0.1, -0.05) is 6.07 Å². The van der Waals surface area contributed by atoms with E-state index in [2.05, 4.69) is 59.1 Å². The molecule has 90 valence electrons. The highest BCUT2D eigenvalue weighted by molar-refractivity contribution is 9.11. The van der Waals surface area contributed by atoms with E-state index in [1.54, 1.807) is 11.3 Å². The molecular weight excluding hydrogens is 296 g/mol. The molecule has 0 aliphatic heterocycles. The summed E-state index contributed by atoms with van der Waals surface area (Å²) in [5, 5.41) is 0. The molecule has 0 spiro atoms. The molecule has 2 nitrogen and oxygen atoms in total. The summed E-state index contributed by atoms with van der Waals surface area (Å²) < 4.78 is 1.16. The second-order valence-electron chi connectivity index (χ2n) is 4.12. The Morgan fingerprint density at radius 3 is 2.65 bits per heavy atom. The van der Waals surface area contributed by atoms with E-state index < -0.39 is 0 Å². The number of nitrogens with zero attached hydrogens (tertiary/aromatic N) is 1. The molecule has 0 saturated carbocycles. The lowest BCUT2D eigenvalue weighted by Gasteiger charge is -2.20. The zero-order chi connectivity index (χ0) is 12.4. The highest BCUT2D eigenvalue weighted by Crippen LogP contribution is 2.27. The van der Waals surface area contributed by atoms with E-state index in [0.29, 0.717) is 0 Å². The fourth-order valence-electron chi connectivity index (χ4n) is 1.78. The number of rotatable bonds is 3. The van der Waals surface area contributed by atoms with Crippen molar-refractivity contribution in [1.82, 2.24) is 0 Å². The summed E-state index contributed by atoms with van der Waals surface area (Å²) >= 11 is 5.23. The van der Waals surface area contributed by atoms with Gasteiger partial charge in [0.25, 0.3) is 0 Å². The van der Waals surface area contributed by atoms with E-state index in [0.717, 1.165) is 21.7 Å². The Morgan fingerprint density at radius 1 is 1.29 bits per heavy atom. The molecule has 0 unspecified atom stereocenters. The van der Waals surface area contributed by atoms with Crippen molar-refractivity contribution in [1.29, 1.82) is 0 Å². The van der Waals surface area contributed by atoms with Gasteiger partial charge in [0.15, 0.2) is 0 Å². The largest absolute Gasteiger partial charge is 0.397 e. The van der Waals surface area contributed by atoms with Crippen LogP contribution >= 0.6 is 27.3 Å². The van der Waals surface area contributed by atoms with Crippen LogP contribution in [-0.4, -0.2) is 7.05 Å². The Balaban J connectivity index is 2.17. The van der Waals surface area contributed by atoms with Crippen LogP contribution in [0.5, 0.6) is 0 Å². The first-order valence-corrected chi connectivity index (χ1v) is 6.98. The molecule has 0 saturated heterocycles. The Kier molecular flexibility index (Phi) is 3.74. The van der Waals surface area contributed by atoms with Gasteiger partial charge in [-0.15, -0.1) is 11.3 Å². The molecule has 2 N–H and O–H groups in total. The smallest absolute Gasteiger partial charge is 0.0702 e. The third kappa shape index (κ3) is 3.01. The first-order chi connectivity index (χ1) is 8.06.